The van der Waals surface area contributed by atoms with E-state index in [0.717, 1.165) is 23.5 Å². The summed E-state index contributed by atoms with van der Waals surface area (Å²) in [5.41, 5.74) is 0. The molecule has 130 valence electrons. The summed E-state index contributed by atoms with van der Waals surface area (Å²) in [6, 6.07) is 19.7. The van der Waals surface area contributed by atoms with Gasteiger partial charge in [-0.25, -0.2) is 4.90 Å². The number of hydrogen-bond acceptors (Lipinski definition) is 3. The van der Waals surface area contributed by atoms with Crippen molar-refractivity contribution in [3.8, 4) is 0 Å². The molecule has 0 amide bonds. The predicted octanol–water partition coefficient (Wildman–Crippen LogP) is 4.84. The fourth-order valence-corrected chi connectivity index (χ4v) is 6.22. The van der Waals surface area contributed by atoms with Crippen molar-refractivity contribution in [3.63, 3.8) is 0 Å². The molecule has 0 saturated heterocycles. The summed E-state index contributed by atoms with van der Waals surface area (Å²) in [4.78, 5) is 2.23. The molecule has 2 aromatic carbocycles. The average molecular weight is 373 g/mol. The molecule has 2 aromatic rings. The lowest BCUT2D eigenvalue weighted by molar-refractivity contribution is 0.207. The monoisotopic (exact) mass is 373 g/mol. The second-order valence-corrected chi connectivity index (χ2v) is 9.70. The first-order valence-corrected chi connectivity index (χ1v) is 11.9. The van der Waals surface area contributed by atoms with Crippen molar-refractivity contribution in [2.75, 3.05) is 12.6 Å². The minimum absolute atomic E-state index is 0.402. The van der Waals surface area contributed by atoms with E-state index < -0.39 is 15.6 Å². The summed E-state index contributed by atoms with van der Waals surface area (Å²) >= 11 is 0. The van der Waals surface area contributed by atoms with Crippen molar-refractivity contribution in [2.45, 2.75) is 38.1 Å². The minimum Gasteiger partial charge on any atom is -0.216 e. The van der Waals surface area contributed by atoms with Crippen LogP contribution in [-0.4, -0.2) is 23.5 Å². The molecule has 25 heavy (non-hydrogen) atoms. The van der Waals surface area contributed by atoms with Crippen molar-refractivity contribution in [2.24, 2.45) is 0 Å². The van der Waals surface area contributed by atoms with Crippen LogP contribution in [0, 0.1) is 0 Å². The molecule has 2 atom stereocenters. The Bertz CT molecular complexity index is 647. The van der Waals surface area contributed by atoms with Crippen LogP contribution in [0.25, 0.3) is 0 Å². The van der Waals surface area contributed by atoms with Gasteiger partial charge in [0.2, 0.25) is 12.6 Å². The molecule has 3 nitrogen and oxygen atoms in total. The molecular formula is C20H25NO2P2+2. The average Bonchev–Trinajstić information content (AvgIpc) is 2.69. The Kier molecular flexibility index (Phi) is 6.87. The normalized spacial score (nSPS) is 16.7. The Morgan fingerprint density at radius 1 is 0.720 bits per heavy atom. The summed E-state index contributed by atoms with van der Waals surface area (Å²) in [6.45, 7) is 0. The number of hydrogen-bond donors (Lipinski definition) is 0. The molecule has 1 fully saturated rings. The molecule has 0 bridgehead atoms. The maximum Gasteiger partial charge on any atom is 0.392 e. The van der Waals surface area contributed by atoms with Crippen LogP contribution in [0.2, 0.25) is 0 Å². The first-order valence-electron chi connectivity index (χ1n) is 8.97. The lowest BCUT2D eigenvalue weighted by atomic mass is 9.95. The smallest absolute Gasteiger partial charge is 0.216 e. The van der Waals surface area contributed by atoms with E-state index in [2.05, 4.69) is 4.90 Å². The molecule has 1 aliphatic carbocycles. The van der Waals surface area contributed by atoms with Crippen molar-refractivity contribution in [1.29, 1.82) is 0 Å². The topological polar surface area (TPSA) is 37.4 Å². The van der Waals surface area contributed by atoms with Gasteiger partial charge in [-0.15, -0.1) is 0 Å². The van der Waals surface area contributed by atoms with E-state index in [4.69, 9.17) is 0 Å². The van der Waals surface area contributed by atoms with E-state index in [1.807, 2.05) is 60.7 Å². The highest BCUT2D eigenvalue weighted by molar-refractivity contribution is 7.54. The summed E-state index contributed by atoms with van der Waals surface area (Å²) in [5, 5.41) is 1.77. The first kappa shape index (κ1) is 18.4. The summed E-state index contributed by atoms with van der Waals surface area (Å²) in [7, 11) is -2.98. The van der Waals surface area contributed by atoms with E-state index in [9.17, 15) is 9.13 Å². The second kappa shape index (κ2) is 9.34. The highest BCUT2D eigenvalue weighted by Gasteiger charge is 2.35. The van der Waals surface area contributed by atoms with Crippen molar-refractivity contribution in [3.05, 3.63) is 60.7 Å². The Labute approximate surface area is 152 Å². The summed E-state index contributed by atoms with van der Waals surface area (Å²) in [5.74, 6) is 0. The molecule has 3 rings (SSSR count). The first-order chi connectivity index (χ1) is 12.2. The molecule has 0 spiro atoms. The van der Waals surface area contributed by atoms with Crippen LogP contribution >= 0.6 is 15.6 Å². The predicted molar refractivity (Wildman–Crippen MR) is 106 cm³/mol. The molecule has 1 aliphatic rings. The van der Waals surface area contributed by atoms with Crippen LogP contribution in [0.3, 0.4) is 0 Å². The zero-order valence-electron chi connectivity index (χ0n) is 14.5. The summed E-state index contributed by atoms with van der Waals surface area (Å²) < 4.78 is 25.7. The van der Waals surface area contributed by atoms with Gasteiger partial charge < -0.3 is 0 Å². The molecular weight excluding hydrogens is 348 g/mol. The van der Waals surface area contributed by atoms with Gasteiger partial charge in [0.25, 0.3) is 0 Å². The zero-order chi connectivity index (χ0) is 17.5. The third kappa shape index (κ3) is 5.28. The van der Waals surface area contributed by atoms with Crippen molar-refractivity contribution < 1.29 is 9.13 Å². The van der Waals surface area contributed by atoms with E-state index >= 15 is 0 Å². The van der Waals surface area contributed by atoms with E-state index in [1.165, 1.54) is 19.3 Å². The van der Waals surface area contributed by atoms with E-state index in [-0.39, 0.29) is 0 Å². The van der Waals surface area contributed by atoms with Crippen LogP contribution in [-0.2, 0) is 9.13 Å². The van der Waals surface area contributed by atoms with E-state index in [1.54, 1.807) is 0 Å². The van der Waals surface area contributed by atoms with Gasteiger partial charge in [-0.1, -0.05) is 64.8 Å². The fourth-order valence-electron chi connectivity index (χ4n) is 3.40. The molecule has 1 saturated carbocycles. The van der Waals surface area contributed by atoms with Gasteiger partial charge in [-0.3, -0.25) is 0 Å². The van der Waals surface area contributed by atoms with Crippen LogP contribution in [0.5, 0.6) is 0 Å². The number of nitrogens with zero attached hydrogens (tertiary/aromatic N) is 1. The third-order valence-electron chi connectivity index (χ3n) is 4.80. The van der Waals surface area contributed by atoms with Gasteiger partial charge in [-0.2, -0.15) is 0 Å². The minimum atomic E-state index is -1.49. The van der Waals surface area contributed by atoms with Gasteiger partial charge in [0.15, 0.2) is 10.6 Å². The Hall–Kier alpha value is -1.40. The quantitative estimate of drug-likeness (QED) is 0.652. The largest absolute Gasteiger partial charge is 0.392 e. The lowest BCUT2D eigenvalue weighted by Gasteiger charge is -2.28. The lowest BCUT2D eigenvalue weighted by Crippen LogP contribution is -2.37. The van der Waals surface area contributed by atoms with Crippen LogP contribution in [0.1, 0.15) is 32.1 Å². The summed E-state index contributed by atoms with van der Waals surface area (Å²) in [6.07, 6.45) is 6.94. The molecule has 0 aromatic heterocycles. The van der Waals surface area contributed by atoms with Gasteiger partial charge in [0, 0.05) is 6.04 Å². The maximum atomic E-state index is 12.8. The molecule has 0 radical (unpaired) electrons. The highest BCUT2D eigenvalue weighted by Crippen LogP contribution is 2.32. The van der Waals surface area contributed by atoms with Gasteiger partial charge >= 0.3 is 15.6 Å². The molecule has 0 aliphatic heterocycles. The third-order valence-corrected chi connectivity index (χ3v) is 7.79. The van der Waals surface area contributed by atoms with Crippen LogP contribution < -0.4 is 10.6 Å². The number of benzene rings is 2. The fraction of sp³-hybridized carbons (Fsp3) is 0.400. The SMILES string of the molecule is O=[P+](CN(C[P+](=O)c1ccccc1)C1CCCCC1)c1ccccc1. The van der Waals surface area contributed by atoms with Gasteiger partial charge in [0.05, 0.1) is 0 Å². The molecule has 2 unspecified atom stereocenters. The van der Waals surface area contributed by atoms with Gasteiger partial charge in [-0.05, 0) is 37.1 Å². The highest BCUT2D eigenvalue weighted by atomic mass is 31.1. The Morgan fingerprint density at radius 2 is 1.16 bits per heavy atom. The van der Waals surface area contributed by atoms with Crippen LogP contribution in [0.15, 0.2) is 60.7 Å². The van der Waals surface area contributed by atoms with Crippen molar-refractivity contribution in [1.82, 2.24) is 4.90 Å². The standard InChI is InChI=1S/C20H25NO2P2/c22-24(19-12-6-2-7-13-19)16-21(18-10-4-1-5-11-18)17-25(23)20-14-8-3-9-15-20/h2-3,6-9,12-15,18H,1,4-5,10-11,16-17H2/q+2. The second-order valence-electron chi connectivity index (χ2n) is 6.59. The van der Waals surface area contributed by atoms with Crippen molar-refractivity contribution >= 4 is 26.2 Å². The molecule has 0 N–H and O–H groups in total. The number of rotatable bonds is 7. The molecule has 5 heteroatoms. The molecule has 0 heterocycles. The Balaban J connectivity index is 1.73. The van der Waals surface area contributed by atoms with E-state index in [0.29, 0.717) is 18.6 Å². The Morgan fingerprint density at radius 3 is 1.60 bits per heavy atom. The zero-order valence-corrected chi connectivity index (χ0v) is 16.2. The van der Waals surface area contributed by atoms with Gasteiger partial charge in [0.1, 0.15) is 0 Å². The maximum absolute atomic E-state index is 12.8. The van der Waals surface area contributed by atoms with Crippen LogP contribution in [0.4, 0.5) is 0 Å².